The van der Waals surface area contributed by atoms with Gasteiger partial charge in [0.2, 0.25) is 17.8 Å². The minimum absolute atomic E-state index is 0.00195. The molecule has 3 aromatic heterocycles. The summed E-state index contributed by atoms with van der Waals surface area (Å²) in [5, 5.41) is 54.6. The van der Waals surface area contributed by atoms with Gasteiger partial charge in [0.25, 0.3) is 40.5 Å². The number of benzene rings is 6. The predicted octanol–water partition coefficient (Wildman–Crippen LogP) is 12.4. The first kappa shape index (κ1) is 60.4. The van der Waals surface area contributed by atoms with Gasteiger partial charge < -0.3 is 26.6 Å². The van der Waals surface area contributed by atoms with Gasteiger partial charge in [-0.15, -0.1) is 20.5 Å². The van der Waals surface area contributed by atoms with Crippen molar-refractivity contribution in [3.05, 3.63) is 154 Å². The number of thiophene rings is 1. The van der Waals surface area contributed by atoms with Crippen LogP contribution in [0.3, 0.4) is 0 Å². The summed E-state index contributed by atoms with van der Waals surface area (Å²) in [4.78, 5) is 15.9. The fourth-order valence-corrected chi connectivity index (χ4v) is 11.7. The number of para-hydroxylation sites is 1. The smallest absolute Gasteiger partial charge is 0.296 e. The van der Waals surface area contributed by atoms with Crippen molar-refractivity contribution in [1.82, 2.24) is 19.9 Å². The van der Waals surface area contributed by atoms with Crippen LogP contribution in [0.5, 0.6) is 0 Å². The maximum Gasteiger partial charge on any atom is 0.296 e. The lowest BCUT2D eigenvalue weighted by Crippen LogP contribution is -2.17. The maximum absolute atomic E-state index is 12.4. The van der Waals surface area contributed by atoms with Crippen LogP contribution in [0, 0.1) is 29.6 Å². The molecule has 3 heterocycles. The molecule has 0 aliphatic heterocycles. The highest BCUT2D eigenvalue weighted by Crippen LogP contribution is 2.49. The number of nitriles is 2. The van der Waals surface area contributed by atoms with Crippen molar-refractivity contribution < 1.29 is 51.9 Å². The highest BCUT2D eigenvalue weighted by molar-refractivity contribution is 7.86. The van der Waals surface area contributed by atoms with Gasteiger partial charge in [-0.25, -0.2) is 4.98 Å². The molecule has 9 rings (SSSR count). The van der Waals surface area contributed by atoms with Crippen LogP contribution in [-0.4, -0.2) is 84.1 Å². The molecule has 0 spiro atoms. The number of aromatic nitrogens is 4. The quantitative estimate of drug-likeness (QED) is 0.0253. The number of nitrogens with one attached hydrogen (secondary N) is 5. The first-order valence-corrected chi connectivity index (χ1v) is 31.3. The standard InChI is InChI=1S/C51H37Cl2N15O12S5/c1-27-36(25-54)45(58-33-19-20-38(53)42(24-33)85(78,79)80)61-46(57-31-17-12-30(52)13-18-31)44(27)66-67-47-37(26-55)43(48(81-47)68-65-34-16-9-28-5-4-8-40(35(28)23-34)83(72,73)74)29-10-14-32(15-11-29)59-50-62-49(56-21-22-82(69,70)71)63-51(64-50)60-39-6-2-3-7-41(39)84(75,76)77/h2-20,23-24H,21-22H2,1H3,(H2,57,58,61)(H,69,70,71)(H,72,73,74)(H,75,76,77)(H,78,79,80)(H3,56,59,60,62,63,64). The molecule has 85 heavy (non-hydrogen) atoms. The zero-order valence-electron chi connectivity index (χ0n) is 42.9. The molecule has 0 unspecified atom stereocenters. The summed E-state index contributed by atoms with van der Waals surface area (Å²) in [6, 6.07) is 34.6. The molecule has 27 nitrogen and oxygen atoms in total. The van der Waals surface area contributed by atoms with Crippen LogP contribution >= 0.6 is 34.5 Å². The zero-order valence-corrected chi connectivity index (χ0v) is 48.5. The van der Waals surface area contributed by atoms with Crippen molar-refractivity contribution in [3.63, 3.8) is 0 Å². The molecule has 0 saturated heterocycles. The molecule has 0 aliphatic rings. The molecular formula is C51H37Cl2N15O12S5. The van der Waals surface area contributed by atoms with E-state index in [-0.39, 0.29) is 106 Å². The van der Waals surface area contributed by atoms with Crippen molar-refractivity contribution in [2.75, 3.05) is 38.9 Å². The van der Waals surface area contributed by atoms with Gasteiger partial charge in [0.05, 0.1) is 27.7 Å². The predicted molar refractivity (Wildman–Crippen MR) is 317 cm³/mol. The van der Waals surface area contributed by atoms with Gasteiger partial charge in [-0.05, 0) is 103 Å². The van der Waals surface area contributed by atoms with Crippen molar-refractivity contribution in [2.24, 2.45) is 20.5 Å². The summed E-state index contributed by atoms with van der Waals surface area (Å²) in [5.74, 6) is -1.52. The second-order valence-corrected chi connectivity index (χ2v) is 25.1. The molecule has 0 fully saturated rings. The van der Waals surface area contributed by atoms with E-state index in [0.29, 0.717) is 27.3 Å². The summed E-state index contributed by atoms with van der Waals surface area (Å²) >= 11 is 13.1. The summed E-state index contributed by atoms with van der Waals surface area (Å²) in [6.07, 6.45) is 0. The van der Waals surface area contributed by atoms with Crippen molar-refractivity contribution in [2.45, 2.75) is 21.6 Å². The van der Waals surface area contributed by atoms with E-state index in [0.717, 1.165) is 23.5 Å². The second-order valence-electron chi connectivity index (χ2n) is 17.6. The normalized spacial score (nSPS) is 12.1. The lowest BCUT2D eigenvalue weighted by molar-refractivity contribution is 0.481. The lowest BCUT2D eigenvalue weighted by atomic mass is 10.0. The van der Waals surface area contributed by atoms with Crippen molar-refractivity contribution >= 4 is 159 Å². The Morgan fingerprint density at radius 2 is 1.16 bits per heavy atom. The minimum atomic E-state index is -4.78. The molecule has 0 aliphatic carbocycles. The number of nitrogens with zero attached hydrogens (tertiary/aromatic N) is 10. The molecule has 0 bridgehead atoms. The number of azo groups is 2. The van der Waals surface area contributed by atoms with Crippen LogP contribution in [0.25, 0.3) is 21.9 Å². The number of rotatable bonds is 20. The summed E-state index contributed by atoms with van der Waals surface area (Å²) < 4.78 is 135. The van der Waals surface area contributed by atoms with Gasteiger partial charge >= 0.3 is 0 Å². The first-order valence-electron chi connectivity index (χ1n) is 23.8. The Hall–Kier alpha value is -9.16. The Bertz CT molecular complexity index is 4780. The van der Waals surface area contributed by atoms with Gasteiger partial charge in [0.1, 0.15) is 43.1 Å². The molecule has 0 amide bonds. The SMILES string of the molecule is Cc1c(C#N)c(Nc2ccc(Cl)c(S(=O)(=O)O)c2)nc(Nc2ccc(Cl)cc2)c1N=Nc1sc(N=Nc2ccc3cccc(S(=O)(=O)O)c3c2)c(-c2ccc(Nc3nc(NCCS(=O)(=O)O)nc(Nc4ccccc4S(=O)(=O)O)n3)cc2)c1C#N. The Kier molecular flexibility index (Phi) is 17.5. The van der Waals surface area contributed by atoms with Gasteiger partial charge in [-0.3, -0.25) is 18.2 Å². The molecule has 432 valence electrons. The van der Waals surface area contributed by atoms with E-state index in [1.165, 1.54) is 55.5 Å². The van der Waals surface area contributed by atoms with Crippen molar-refractivity contribution in [3.8, 4) is 23.3 Å². The molecule has 0 saturated carbocycles. The molecule has 34 heteroatoms. The van der Waals surface area contributed by atoms with Crippen molar-refractivity contribution in [1.29, 1.82) is 10.5 Å². The number of fused-ring (bicyclic) bond motifs is 1. The van der Waals surface area contributed by atoms with E-state index in [1.807, 2.05) is 0 Å². The summed E-state index contributed by atoms with van der Waals surface area (Å²) in [5.41, 5.74) is 1.34. The average Bonchev–Trinajstić information content (AvgIpc) is 3.97. The van der Waals surface area contributed by atoms with Crippen LogP contribution in [0.4, 0.5) is 73.6 Å². The highest BCUT2D eigenvalue weighted by atomic mass is 35.5. The number of pyridine rings is 1. The third kappa shape index (κ3) is 14.6. The van der Waals surface area contributed by atoms with Crippen LogP contribution in [0.1, 0.15) is 16.7 Å². The minimum Gasteiger partial charge on any atom is -0.353 e. The fraction of sp³-hybridized carbons (Fsp3) is 0.0588. The Balaban J connectivity index is 1.14. The summed E-state index contributed by atoms with van der Waals surface area (Å²) in [6.45, 7) is 1.17. The Morgan fingerprint density at radius 3 is 1.84 bits per heavy atom. The van der Waals surface area contributed by atoms with Gasteiger partial charge in [-0.2, -0.15) is 59.1 Å². The van der Waals surface area contributed by atoms with Crippen LogP contribution < -0.4 is 26.6 Å². The van der Waals surface area contributed by atoms with E-state index in [4.69, 9.17) is 23.2 Å². The van der Waals surface area contributed by atoms with E-state index in [9.17, 15) is 62.4 Å². The van der Waals surface area contributed by atoms with Gasteiger partial charge in [0.15, 0.2) is 16.6 Å². The molecule has 0 atom stereocenters. The van der Waals surface area contributed by atoms with Gasteiger partial charge in [0, 0.05) is 45.1 Å². The van der Waals surface area contributed by atoms with Crippen LogP contribution in [-0.2, 0) is 40.5 Å². The van der Waals surface area contributed by atoms with Crippen LogP contribution in [0.2, 0.25) is 10.0 Å². The first-order chi connectivity index (χ1) is 40.2. The van der Waals surface area contributed by atoms with E-state index in [1.54, 1.807) is 66.7 Å². The molecule has 9 N–H and O–H groups in total. The largest absolute Gasteiger partial charge is 0.353 e. The van der Waals surface area contributed by atoms with E-state index in [2.05, 4.69) is 79.1 Å². The van der Waals surface area contributed by atoms with Crippen LogP contribution in [0.15, 0.2) is 163 Å². The molecule has 0 radical (unpaired) electrons. The molecular weight excluding hydrogens is 1250 g/mol. The Labute approximate surface area is 496 Å². The second kappa shape index (κ2) is 24.6. The van der Waals surface area contributed by atoms with E-state index < -0.39 is 56.0 Å². The monoisotopic (exact) mass is 1280 g/mol. The summed E-state index contributed by atoms with van der Waals surface area (Å²) in [7, 11) is -18.6. The fourth-order valence-electron chi connectivity index (χ4n) is 7.98. The maximum atomic E-state index is 12.4. The third-order valence-corrected chi connectivity index (χ3v) is 16.9. The zero-order chi connectivity index (χ0) is 61.0. The number of hydrogen-bond donors (Lipinski definition) is 9. The Morgan fingerprint density at radius 1 is 0.565 bits per heavy atom. The molecule has 6 aromatic carbocycles. The topological polar surface area (TPSA) is 426 Å². The average molecular weight is 1280 g/mol. The third-order valence-electron chi connectivity index (χ3n) is 11.8. The highest BCUT2D eigenvalue weighted by Gasteiger charge is 2.25. The molecule has 9 aromatic rings. The van der Waals surface area contributed by atoms with Gasteiger partial charge in [-0.1, -0.05) is 77.0 Å². The number of hydrogen-bond acceptors (Lipinski definition) is 24. The lowest BCUT2D eigenvalue weighted by Gasteiger charge is -2.16. The van der Waals surface area contributed by atoms with E-state index >= 15 is 0 Å². The number of anilines is 9. The number of halogens is 2.